The molecule has 1 aliphatic rings. The first kappa shape index (κ1) is 12.6. The maximum absolute atomic E-state index is 5.86. The van der Waals surface area contributed by atoms with Crippen LogP contribution in [0.15, 0.2) is 28.7 Å². The molecule has 0 saturated carbocycles. The first-order chi connectivity index (χ1) is 9.31. The molecule has 0 atom stereocenters. The monoisotopic (exact) mass is 277 g/mol. The van der Waals surface area contributed by atoms with E-state index in [1.54, 1.807) is 0 Å². The minimum absolute atomic E-state index is 0.410. The Morgan fingerprint density at radius 3 is 2.63 bits per heavy atom. The normalized spacial score (nSPS) is 16.7. The number of piperidine rings is 1. The Balaban J connectivity index is 1.68. The molecule has 2 heterocycles. The fraction of sp³-hybridized carbons (Fsp3) is 0.429. The third-order valence-corrected chi connectivity index (χ3v) is 3.69. The average molecular weight is 278 g/mol. The summed E-state index contributed by atoms with van der Waals surface area (Å²) in [7, 11) is 0. The van der Waals surface area contributed by atoms with Gasteiger partial charge in [0.1, 0.15) is 0 Å². The van der Waals surface area contributed by atoms with Crippen molar-refractivity contribution >= 4 is 11.6 Å². The zero-order valence-electron chi connectivity index (χ0n) is 10.6. The van der Waals surface area contributed by atoms with Crippen LogP contribution in [-0.2, 0) is 6.42 Å². The van der Waals surface area contributed by atoms with E-state index in [1.807, 2.05) is 24.3 Å². The fourth-order valence-electron chi connectivity index (χ4n) is 2.35. The molecule has 1 aromatic carbocycles. The molecule has 3 rings (SSSR count). The van der Waals surface area contributed by atoms with E-state index in [0.29, 0.717) is 18.2 Å². The van der Waals surface area contributed by atoms with Crippen molar-refractivity contribution in [3.63, 3.8) is 0 Å². The number of halogens is 1. The van der Waals surface area contributed by atoms with Gasteiger partial charge >= 0.3 is 0 Å². The van der Waals surface area contributed by atoms with Crippen LogP contribution < -0.4 is 5.32 Å². The SMILES string of the molecule is Clc1ccc(Cc2nnc(C3CCNCC3)o2)cc1. The van der Waals surface area contributed by atoms with Crippen LogP contribution in [0.25, 0.3) is 0 Å². The molecule has 1 aliphatic heterocycles. The van der Waals surface area contributed by atoms with E-state index in [2.05, 4.69) is 15.5 Å². The Kier molecular flexibility index (Phi) is 3.80. The van der Waals surface area contributed by atoms with E-state index in [9.17, 15) is 0 Å². The quantitative estimate of drug-likeness (QED) is 0.937. The molecule has 0 radical (unpaired) electrons. The van der Waals surface area contributed by atoms with Crippen molar-refractivity contribution in [1.29, 1.82) is 0 Å². The van der Waals surface area contributed by atoms with Crippen LogP contribution in [0.3, 0.4) is 0 Å². The lowest BCUT2D eigenvalue weighted by atomic mass is 9.98. The summed E-state index contributed by atoms with van der Waals surface area (Å²) in [4.78, 5) is 0. The van der Waals surface area contributed by atoms with E-state index in [4.69, 9.17) is 16.0 Å². The molecular weight excluding hydrogens is 262 g/mol. The van der Waals surface area contributed by atoms with Crippen LogP contribution in [0.4, 0.5) is 0 Å². The van der Waals surface area contributed by atoms with Crippen molar-refractivity contribution in [3.8, 4) is 0 Å². The summed E-state index contributed by atoms with van der Waals surface area (Å²) in [5.41, 5.74) is 1.13. The van der Waals surface area contributed by atoms with Gasteiger partial charge < -0.3 is 9.73 Å². The van der Waals surface area contributed by atoms with Gasteiger partial charge in [0.25, 0.3) is 0 Å². The third kappa shape index (κ3) is 3.14. The van der Waals surface area contributed by atoms with Gasteiger partial charge in [0.15, 0.2) is 0 Å². The van der Waals surface area contributed by atoms with Gasteiger partial charge in [-0.2, -0.15) is 0 Å². The summed E-state index contributed by atoms with van der Waals surface area (Å²) in [6.45, 7) is 2.05. The maximum Gasteiger partial charge on any atom is 0.220 e. The van der Waals surface area contributed by atoms with E-state index >= 15 is 0 Å². The lowest BCUT2D eigenvalue weighted by Gasteiger charge is -2.18. The van der Waals surface area contributed by atoms with Crippen molar-refractivity contribution in [2.75, 3.05) is 13.1 Å². The minimum atomic E-state index is 0.410. The summed E-state index contributed by atoms with van der Waals surface area (Å²) in [5, 5.41) is 12.4. The second-order valence-corrected chi connectivity index (χ2v) is 5.30. The van der Waals surface area contributed by atoms with E-state index < -0.39 is 0 Å². The third-order valence-electron chi connectivity index (χ3n) is 3.44. The van der Waals surface area contributed by atoms with Gasteiger partial charge in [0.2, 0.25) is 11.8 Å². The van der Waals surface area contributed by atoms with Gasteiger partial charge in [-0.15, -0.1) is 10.2 Å². The van der Waals surface area contributed by atoms with Crippen LogP contribution >= 0.6 is 11.6 Å². The van der Waals surface area contributed by atoms with Crippen molar-refractivity contribution < 1.29 is 4.42 Å². The smallest absolute Gasteiger partial charge is 0.220 e. The molecule has 2 aromatic rings. The van der Waals surface area contributed by atoms with E-state index in [1.165, 1.54) is 0 Å². The lowest BCUT2D eigenvalue weighted by molar-refractivity contribution is 0.363. The van der Waals surface area contributed by atoms with E-state index in [0.717, 1.165) is 42.4 Å². The highest BCUT2D eigenvalue weighted by molar-refractivity contribution is 6.30. The number of rotatable bonds is 3. The molecule has 19 heavy (non-hydrogen) atoms. The molecule has 1 aromatic heterocycles. The van der Waals surface area contributed by atoms with Crippen molar-refractivity contribution in [2.24, 2.45) is 0 Å². The zero-order valence-corrected chi connectivity index (χ0v) is 11.4. The van der Waals surface area contributed by atoms with Gasteiger partial charge in [0.05, 0.1) is 6.42 Å². The van der Waals surface area contributed by atoms with E-state index in [-0.39, 0.29) is 0 Å². The lowest BCUT2D eigenvalue weighted by Crippen LogP contribution is -2.26. The summed E-state index contributed by atoms with van der Waals surface area (Å²) in [6, 6.07) is 7.72. The average Bonchev–Trinajstić information content (AvgIpc) is 2.91. The van der Waals surface area contributed by atoms with Gasteiger partial charge in [-0.3, -0.25) is 0 Å². The molecule has 100 valence electrons. The van der Waals surface area contributed by atoms with Gasteiger partial charge in [-0.25, -0.2) is 0 Å². The van der Waals surface area contributed by atoms with Crippen LogP contribution in [0.1, 0.15) is 36.1 Å². The molecule has 1 fully saturated rings. The Bertz CT molecular complexity index is 532. The summed E-state index contributed by atoms with van der Waals surface area (Å²) >= 11 is 5.86. The first-order valence-electron chi connectivity index (χ1n) is 6.59. The van der Waals surface area contributed by atoms with Crippen molar-refractivity contribution in [2.45, 2.75) is 25.2 Å². The molecule has 1 N–H and O–H groups in total. The topological polar surface area (TPSA) is 51.0 Å². The number of hydrogen-bond donors (Lipinski definition) is 1. The van der Waals surface area contributed by atoms with Gasteiger partial charge in [-0.05, 0) is 43.6 Å². The Hall–Kier alpha value is -1.39. The van der Waals surface area contributed by atoms with Crippen LogP contribution in [0.2, 0.25) is 5.02 Å². The van der Waals surface area contributed by atoms with Crippen molar-refractivity contribution in [3.05, 3.63) is 46.6 Å². The van der Waals surface area contributed by atoms with Crippen LogP contribution in [0, 0.1) is 0 Å². The molecule has 0 spiro atoms. The molecule has 0 amide bonds. The van der Waals surface area contributed by atoms with Crippen LogP contribution in [0.5, 0.6) is 0 Å². The largest absolute Gasteiger partial charge is 0.425 e. The molecule has 0 unspecified atom stereocenters. The predicted molar refractivity (Wildman–Crippen MR) is 73.4 cm³/mol. The molecule has 4 nitrogen and oxygen atoms in total. The Labute approximate surface area is 117 Å². The highest BCUT2D eigenvalue weighted by atomic mass is 35.5. The summed E-state index contributed by atoms with van der Waals surface area (Å²) < 4.78 is 5.77. The zero-order chi connectivity index (χ0) is 13.1. The number of aromatic nitrogens is 2. The summed E-state index contributed by atoms with van der Waals surface area (Å²) in [6.07, 6.45) is 2.81. The summed E-state index contributed by atoms with van der Waals surface area (Å²) in [5.74, 6) is 1.87. The molecule has 1 saturated heterocycles. The predicted octanol–water partition coefficient (Wildman–Crippen LogP) is 2.78. The Morgan fingerprint density at radius 2 is 1.89 bits per heavy atom. The van der Waals surface area contributed by atoms with Gasteiger partial charge in [-0.1, -0.05) is 23.7 Å². The number of nitrogens with zero attached hydrogens (tertiary/aromatic N) is 2. The van der Waals surface area contributed by atoms with Gasteiger partial charge in [0, 0.05) is 10.9 Å². The second kappa shape index (κ2) is 5.72. The standard InChI is InChI=1S/C14H16ClN3O/c15-12-3-1-10(2-4-12)9-13-17-18-14(19-13)11-5-7-16-8-6-11/h1-4,11,16H,5-9H2. The Morgan fingerprint density at radius 1 is 1.16 bits per heavy atom. The molecular formula is C14H16ClN3O. The van der Waals surface area contributed by atoms with Crippen molar-refractivity contribution in [1.82, 2.24) is 15.5 Å². The maximum atomic E-state index is 5.86. The molecule has 0 bridgehead atoms. The minimum Gasteiger partial charge on any atom is -0.425 e. The molecule has 0 aliphatic carbocycles. The number of hydrogen-bond acceptors (Lipinski definition) is 4. The first-order valence-corrected chi connectivity index (χ1v) is 6.96. The molecule has 5 heteroatoms. The van der Waals surface area contributed by atoms with Crippen LogP contribution in [-0.4, -0.2) is 23.3 Å². The number of nitrogens with one attached hydrogen (secondary N) is 1. The highest BCUT2D eigenvalue weighted by Crippen LogP contribution is 2.24. The second-order valence-electron chi connectivity index (χ2n) is 4.86. The fourth-order valence-corrected chi connectivity index (χ4v) is 2.47. The number of benzene rings is 1. The highest BCUT2D eigenvalue weighted by Gasteiger charge is 2.20.